The maximum atomic E-state index is 12.1. The highest BCUT2D eigenvalue weighted by Gasteiger charge is 2.13. The lowest BCUT2D eigenvalue weighted by Crippen LogP contribution is -2.16. The van der Waals surface area contributed by atoms with Crippen molar-refractivity contribution < 1.29 is 13.2 Å². The second-order valence-electron chi connectivity index (χ2n) is 5.06. The van der Waals surface area contributed by atoms with E-state index < -0.39 is 10.0 Å². The zero-order chi connectivity index (χ0) is 18.6. The van der Waals surface area contributed by atoms with Gasteiger partial charge >= 0.3 is 0 Å². The van der Waals surface area contributed by atoms with Crippen molar-refractivity contribution in [2.45, 2.75) is 23.8 Å². The van der Waals surface area contributed by atoms with E-state index in [1.807, 2.05) is 6.07 Å². The SMILES string of the molecule is Cc1nc(C)c(C#N)c(SCC(=O)Nc2cccc(S(N)(=O)=O)c2)n1. The van der Waals surface area contributed by atoms with Crippen molar-refractivity contribution in [1.29, 1.82) is 5.26 Å². The molecule has 0 unspecified atom stereocenters. The number of amides is 1. The second-order valence-corrected chi connectivity index (χ2v) is 7.58. The summed E-state index contributed by atoms with van der Waals surface area (Å²) >= 11 is 1.11. The summed E-state index contributed by atoms with van der Waals surface area (Å²) < 4.78 is 22.7. The average molecular weight is 377 g/mol. The van der Waals surface area contributed by atoms with Crippen molar-refractivity contribution in [3.05, 3.63) is 41.3 Å². The Bertz CT molecular complexity index is 968. The Morgan fingerprint density at radius 3 is 2.72 bits per heavy atom. The highest BCUT2D eigenvalue weighted by Crippen LogP contribution is 2.22. The molecule has 0 aliphatic carbocycles. The molecule has 0 saturated heterocycles. The molecule has 1 amide bonds. The third-order valence-corrected chi connectivity index (χ3v) is 4.95. The molecule has 25 heavy (non-hydrogen) atoms. The molecule has 130 valence electrons. The van der Waals surface area contributed by atoms with Crippen LogP contribution < -0.4 is 10.5 Å². The number of primary sulfonamides is 1. The summed E-state index contributed by atoms with van der Waals surface area (Å²) in [6.07, 6.45) is 0. The number of hydrogen-bond donors (Lipinski definition) is 2. The van der Waals surface area contributed by atoms with Gasteiger partial charge in [0.2, 0.25) is 15.9 Å². The number of nitrogens with two attached hydrogens (primary N) is 1. The molecule has 2 rings (SSSR count). The minimum atomic E-state index is -3.84. The molecule has 0 radical (unpaired) electrons. The van der Waals surface area contributed by atoms with E-state index in [0.717, 1.165) is 11.8 Å². The molecule has 0 saturated carbocycles. The molecular formula is C15H15N5O3S2. The number of hydrogen-bond acceptors (Lipinski definition) is 7. The van der Waals surface area contributed by atoms with Crippen molar-refractivity contribution in [2.75, 3.05) is 11.1 Å². The summed E-state index contributed by atoms with van der Waals surface area (Å²) in [5.74, 6) is 0.152. The predicted octanol–water partition coefficient (Wildman–Crippen LogP) is 1.34. The number of carbonyl (C=O) groups excluding carboxylic acids is 1. The average Bonchev–Trinajstić information content (AvgIpc) is 2.52. The number of nitriles is 1. The molecule has 8 nitrogen and oxygen atoms in total. The van der Waals surface area contributed by atoms with Gasteiger partial charge in [0.1, 0.15) is 22.5 Å². The number of benzene rings is 1. The van der Waals surface area contributed by atoms with Crippen LogP contribution in [0.15, 0.2) is 34.2 Å². The molecule has 0 atom stereocenters. The monoisotopic (exact) mass is 377 g/mol. The first-order valence-corrected chi connectivity index (χ1v) is 9.54. The standard InChI is InChI=1S/C15H15N5O3S2/c1-9-13(7-16)15(19-10(2)18-9)24-8-14(21)20-11-4-3-5-12(6-11)25(17,22)23/h3-6H,8H2,1-2H3,(H,20,21)(H2,17,22,23). The smallest absolute Gasteiger partial charge is 0.238 e. The highest BCUT2D eigenvalue weighted by molar-refractivity contribution is 8.00. The van der Waals surface area contributed by atoms with Crippen LogP contribution in [-0.2, 0) is 14.8 Å². The van der Waals surface area contributed by atoms with Crippen LogP contribution >= 0.6 is 11.8 Å². The van der Waals surface area contributed by atoms with Gasteiger partial charge in [-0.05, 0) is 32.0 Å². The molecule has 3 N–H and O–H groups in total. The Kier molecular flexibility index (Phi) is 5.73. The Hall–Kier alpha value is -2.48. The van der Waals surface area contributed by atoms with E-state index >= 15 is 0 Å². The van der Waals surface area contributed by atoms with E-state index in [4.69, 9.17) is 5.14 Å². The van der Waals surface area contributed by atoms with Crippen LogP contribution in [0.25, 0.3) is 0 Å². The number of anilines is 1. The lowest BCUT2D eigenvalue weighted by Gasteiger charge is -2.08. The van der Waals surface area contributed by atoms with Crippen LogP contribution in [0.5, 0.6) is 0 Å². The fourth-order valence-electron chi connectivity index (χ4n) is 2.00. The first kappa shape index (κ1) is 18.9. The zero-order valence-electron chi connectivity index (χ0n) is 13.5. The summed E-state index contributed by atoms with van der Waals surface area (Å²) in [5.41, 5.74) is 1.20. The van der Waals surface area contributed by atoms with Gasteiger partial charge in [-0.1, -0.05) is 17.8 Å². The first-order chi connectivity index (χ1) is 11.7. The summed E-state index contributed by atoms with van der Waals surface area (Å²) in [4.78, 5) is 20.3. The number of aromatic nitrogens is 2. The van der Waals surface area contributed by atoms with Gasteiger partial charge in [-0.2, -0.15) is 5.26 Å². The van der Waals surface area contributed by atoms with Gasteiger partial charge < -0.3 is 5.32 Å². The number of sulfonamides is 1. The lowest BCUT2D eigenvalue weighted by molar-refractivity contribution is -0.113. The molecule has 0 aliphatic rings. The number of carbonyl (C=O) groups is 1. The fraction of sp³-hybridized carbons (Fsp3) is 0.200. The Morgan fingerprint density at radius 2 is 2.08 bits per heavy atom. The van der Waals surface area contributed by atoms with Gasteiger partial charge in [-0.3, -0.25) is 4.79 Å². The van der Waals surface area contributed by atoms with Crippen molar-refractivity contribution >= 4 is 33.4 Å². The zero-order valence-corrected chi connectivity index (χ0v) is 15.1. The highest BCUT2D eigenvalue weighted by atomic mass is 32.2. The van der Waals surface area contributed by atoms with E-state index in [1.165, 1.54) is 18.2 Å². The molecule has 10 heteroatoms. The van der Waals surface area contributed by atoms with Crippen LogP contribution in [0.2, 0.25) is 0 Å². The van der Waals surface area contributed by atoms with Crippen LogP contribution in [0.4, 0.5) is 5.69 Å². The molecule has 1 aromatic carbocycles. The summed E-state index contributed by atoms with van der Waals surface area (Å²) in [6.45, 7) is 3.41. The molecule has 1 aromatic heterocycles. The van der Waals surface area contributed by atoms with Gasteiger partial charge in [-0.15, -0.1) is 0 Å². The molecule has 0 fully saturated rings. The summed E-state index contributed by atoms with van der Waals surface area (Å²) in [7, 11) is -3.84. The number of nitrogens with one attached hydrogen (secondary N) is 1. The van der Waals surface area contributed by atoms with Gasteiger partial charge in [0.05, 0.1) is 16.3 Å². The molecule has 0 aliphatic heterocycles. The maximum absolute atomic E-state index is 12.1. The molecule has 1 heterocycles. The van der Waals surface area contributed by atoms with E-state index in [-0.39, 0.29) is 16.6 Å². The van der Waals surface area contributed by atoms with Crippen LogP contribution in [0, 0.1) is 25.2 Å². The molecule has 0 bridgehead atoms. The maximum Gasteiger partial charge on any atom is 0.238 e. The lowest BCUT2D eigenvalue weighted by atomic mass is 10.3. The third-order valence-electron chi connectivity index (χ3n) is 3.07. The number of aryl methyl sites for hydroxylation is 2. The minimum absolute atomic E-state index is 0.00414. The van der Waals surface area contributed by atoms with E-state index in [9.17, 15) is 18.5 Å². The van der Waals surface area contributed by atoms with Gasteiger partial charge in [0, 0.05) is 5.69 Å². The number of thioether (sulfide) groups is 1. The van der Waals surface area contributed by atoms with Crippen molar-refractivity contribution in [3.63, 3.8) is 0 Å². The summed E-state index contributed by atoms with van der Waals surface area (Å²) in [6, 6.07) is 7.68. The molecule has 0 spiro atoms. The van der Waals surface area contributed by atoms with Crippen molar-refractivity contribution in [2.24, 2.45) is 5.14 Å². The van der Waals surface area contributed by atoms with Crippen LogP contribution in [0.1, 0.15) is 17.1 Å². The Balaban J connectivity index is 2.09. The van der Waals surface area contributed by atoms with Crippen molar-refractivity contribution in [1.82, 2.24) is 9.97 Å². The quantitative estimate of drug-likeness (QED) is 0.592. The minimum Gasteiger partial charge on any atom is -0.325 e. The van der Waals surface area contributed by atoms with Gasteiger partial charge in [-0.25, -0.2) is 23.5 Å². The second kappa shape index (κ2) is 7.60. The van der Waals surface area contributed by atoms with E-state index in [0.29, 0.717) is 27.8 Å². The van der Waals surface area contributed by atoms with Crippen LogP contribution in [0.3, 0.4) is 0 Å². The normalized spacial score (nSPS) is 11.0. The molecule has 2 aromatic rings. The first-order valence-electron chi connectivity index (χ1n) is 7.01. The third kappa shape index (κ3) is 4.99. The van der Waals surface area contributed by atoms with Gasteiger partial charge in [0.15, 0.2) is 0 Å². The predicted molar refractivity (Wildman–Crippen MR) is 93.4 cm³/mol. The number of rotatable bonds is 5. The number of nitrogens with zero attached hydrogens (tertiary/aromatic N) is 3. The van der Waals surface area contributed by atoms with E-state index in [1.54, 1.807) is 19.9 Å². The van der Waals surface area contributed by atoms with Crippen molar-refractivity contribution in [3.8, 4) is 6.07 Å². The summed E-state index contributed by atoms with van der Waals surface area (Å²) in [5, 5.41) is 17.3. The van der Waals surface area contributed by atoms with Gasteiger partial charge in [0.25, 0.3) is 0 Å². The Morgan fingerprint density at radius 1 is 1.36 bits per heavy atom. The topological polar surface area (TPSA) is 139 Å². The molecular weight excluding hydrogens is 362 g/mol. The van der Waals surface area contributed by atoms with Crippen LogP contribution in [-0.4, -0.2) is 30.0 Å². The van der Waals surface area contributed by atoms with E-state index in [2.05, 4.69) is 15.3 Å². The fourth-order valence-corrected chi connectivity index (χ4v) is 3.43. The largest absolute Gasteiger partial charge is 0.325 e. The Labute approximate surface area is 149 Å².